The van der Waals surface area contributed by atoms with Crippen LogP contribution in [0, 0.1) is 0 Å². The molecule has 0 spiro atoms. The zero-order valence-corrected chi connectivity index (χ0v) is 17.9. The van der Waals surface area contributed by atoms with E-state index in [1.54, 1.807) is 17.5 Å². The summed E-state index contributed by atoms with van der Waals surface area (Å²) in [6.07, 6.45) is 3.48. The highest BCUT2D eigenvalue weighted by atomic mass is 32.1. The number of rotatable bonds is 5. The van der Waals surface area contributed by atoms with Crippen LogP contribution in [0.4, 0.5) is 10.8 Å². The molecule has 1 aliphatic heterocycles. The van der Waals surface area contributed by atoms with Crippen molar-refractivity contribution in [1.29, 1.82) is 0 Å². The Morgan fingerprint density at radius 3 is 2.35 bits per heavy atom. The molecule has 5 rings (SSSR count). The average Bonchev–Trinajstić information content (AvgIpc) is 3.53. The van der Waals surface area contributed by atoms with Crippen molar-refractivity contribution in [2.45, 2.75) is 18.3 Å². The highest BCUT2D eigenvalue weighted by molar-refractivity contribution is 7.13. The van der Waals surface area contributed by atoms with Gasteiger partial charge in [0.1, 0.15) is 5.69 Å². The number of aromatic amines is 1. The normalized spacial score (nSPS) is 15.5. The molecule has 6 heteroatoms. The van der Waals surface area contributed by atoms with Crippen LogP contribution >= 0.6 is 11.3 Å². The Labute approximate surface area is 185 Å². The molecule has 1 saturated heterocycles. The highest BCUT2D eigenvalue weighted by Crippen LogP contribution is 2.43. The predicted octanol–water partition coefficient (Wildman–Crippen LogP) is 5.44. The first-order chi connectivity index (χ1) is 15.2. The number of thiazole rings is 1. The minimum atomic E-state index is -0.194. The lowest BCUT2D eigenvalue weighted by atomic mass is 9.70. The van der Waals surface area contributed by atoms with Crippen LogP contribution in [0.2, 0.25) is 0 Å². The number of para-hydroxylation sites is 1. The number of nitrogens with one attached hydrogen (secondary N) is 2. The molecule has 31 heavy (non-hydrogen) atoms. The lowest BCUT2D eigenvalue weighted by Gasteiger charge is -2.41. The van der Waals surface area contributed by atoms with Gasteiger partial charge in [-0.25, -0.2) is 4.98 Å². The Morgan fingerprint density at radius 1 is 0.968 bits per heavy atom. The maximum absolute atomic E-state index is 12.8. The van der Waals surface area contributed by atoms with Crippen LogP contribution in [0.15, 0.2) is 84.4 Å². The molecule has 1 fully saturated rings. The van der Waals surface area contributed by atoms with Gasteiger partial charge in [0.25, 0.3) is 5.91 Å². The minimum absolute atomic E-state index is 0.0661. The number of carbonyl (C=O) groups excluding carboxylic acids is 1. The standard InChI is InChI=1S/C25H24N4OS/c30-23(21-12-7-15-26-21)29-16-13-25(14-17-29,19-8-3-1-4-9-19)22-18-31-24(28-22)27-20-10-5-2-6-11-20/h1-12,15,18,26H,13-14,16-17H2,(H,27,28). The van der Waals surface area contributed by atoms with Crippen molar-refractivity contribution in [2.75, 3.05) is 18.4 Å². The molecule has 156 valence electrons. The van der Waals surface area contributed by atoms with Gasteiger partial charge in [-0.3, -0.25) is 4.79 Å². The van der Waals surface area contributed by atoms with E-state index in [9.17, 15) is 4.79 Å². The van der Waals surface area contributed by atoms with Gasteiger partial charge >= 0.3 is 0 Å². The number of anilines is 2. The molecule has 0 saturated carbocycles. The van der Waals surface area contributed by atoms with E-state index in [1.807, 2.05) is 53.4 Å². The summed E-state index contributed by atoms with van der Waals surface area (Å²) >= 11 is 1.63. The molecule has 3 heterocycles. The second-order valence-electron chi connectivity index (χ2n) is 7.85. The molecule has 0 aliphatic carbocycles. The van der Waals surface area contributed by atoms with Crippen LogP contribution in [0.1, 0.15) is 34.6 Å². The molecule has 5 nitrogen and oxygen atoms in total. The molecule has 0 atom stereocenters. The molecule has 0 bridgehead atoms. The Bertz CT molecular complexity index is 1130. The second-order valence-corrected chi connectivity index (χ2v) is 8.71. The summed E-state index contributed by atoms with van der Waals surface area (Å²) < 4.78 is 0. The Kier molecular flexibility index (Phi) is 5.30. The molecule has 0 unspecified atom stereocenters. The molecule has 0 radical (unpaired) electrons. The van der Waals surface area contributed by atoms with E-state index in [-0.39, 0.29) is 11.3 Å². The molecule has 2 aromatic heterocycles. The van der Waals surface area contributed by atoms with Gasteiger partial charge in [0.15, 0.2) is 5.13 Å². The first-order valence-corrected chi connectivity index (χ1v) is 11.4. The van der Waals surface area contributed by atoms with Crippen molar-refractivity contribution in [3.63, 3.8) is 0 Å². The van der Waals surface area contributed by atoms with E-state index >= 15 is 0 Å². The number of likely N-dealkylation sites (tertiary alicyclic amines) is 1. The smallest absolute Gasteiger partial charge is 0.270 e. The van der Waals surface area contributed by atoms with Gasteiger partial charge < -0.3 is 15.2 Å². The van der Waals surface area contributed by atoms with Crippen LogP contribution in [0.25, 0.3) is 0 Å². The zero-order valence-electron chi connectivity index (χ0n) is 17.1. The lowest BCUT2D eigenvalue weighted by Crippen LogP contribution is -2.46. The number of amides is 1. The van der Waals surface area contributed by atoms with Gasteiger partial charge in [-0.1, -0.05) is 48.5 Å². The lowest BCUT2D eigenvalue weighted by molar-refractivity contribution is 0.0679. The van der Waals surface area contributed by atoms with Gasteiger partial charge in [-0.05, 0) is 42.7 Å². The van der Waals surface area contributed by atoms with Crippen molar-refractivity contribution >= 4 is 28.1 Å². The third-order valence-electron chi connectivity index (χ3n) is 6.08. The summed E-state index contributed by atoms with van der Waals surface area (Å²) in [5, 5.41) is 6.47. The van der Waals surface area contributed by atoms with E-state index in [1.165, 1.54) is 5.56 Å². The Balaban J connectivity index is 1.42. The maximum Gasteiger partial charge on any atom is 0.270 e. The molecular formula is C25H24N4OS. The van der Waals surface area contributed by atoms with E-state index in [0.29, 0.717) is 18.8 Å². The van der Waals surface area contributed by atoms with Crippen LogP contribution in [0.3, 0.4) is 0 Å². The number of piperidine rings is 1. The number of H-pyrrole nitrogens is 1. The fourth-order valence-corrected chi connectivity index (χ4v) is 5.20. The van der Waals surface area contributed by atoms with Crippen molar-refractivity contribution in [3.05, 3.63) is 101 Å². The van der Waals surface area contributed by atoms with Gasteiger partial charge in [0.2, 0.25) is 0 Å². The van der Waals surface area contributed by atoms with E-state index in [0.717, 1.165) is 29.4 Å². The fourth-order valence-electron chi connectivity index (χ4n) is 4.37. The summed E-state index contributed by atoms with van der Waals surface area (Å²) in [6, 6.07) is 24.4. The summed E-state index contributed by atoms with van der Waals surface area (Å²) in [4.78, 5) is 22.8. The van der Waals surface area contributed by atoms with Gasteiger partial charge in [-0.2, -0.15) is 0 Å². The third-order valence-corrected chi connectivity index (χ3v) is 6.84. The summed E-state index contributed by atoms with van der Waals surface area (Å²) in [5.41, 5.74) is 3.83. The SMILES string of the molecule is O=C(c1ccc[nH]1)N1CCC(c2ccccc2)(c2csc(Nc3ccccc3)n2)CC1. The Morgan fingerprint density at radius 2 is 1.68 bits per heavy atom. The van der Waals surface area contributed by atoms with E-state index < -0.39 is 0 Å². The minimum Gasteiger partial charge on any atom is -0.357 e. The third kappa shape index (κ3) is 3.86. The number of hydrogen-bond acceptors (Lipinski definition) is 4. The summed E-state index contributed by atoms with van der Waals surface area (Å²) in [6.45, 7) is 1.40. The first kappa shape index (κ1) is 19.6. The number of nitrogens with zero attached hydrogens (tertiary/aromatic N) is 2. The predicted molar refractivity (Wildman–Crippen MR) is 125 cm³/mol. The number of aromatic nitrogens is 2. The van der Waals surface area contributed by atoms with Crippen molar-refractivity contribution in [3.8, 4) is 0 Å². The van der Waals surface area contributed by atoms with Crippen LogP contribution < -0.4 is 5.32 Å². The van der Waals surface area contributed by atoms with E-state index in [2.05, 4.69) is 39.9 Å². The number of hydrogen-bond donors (Lipinski definition) is 2. The molecule has 2 N–H and O–H groups in total. The first-order valence-electron chi connectivity index (χ1n) is 10.5. The van der Waals surface area contributed by atoms with Crippen LogP contribution in [-0.4, -0.2) is 33.9 Å². The molecule has 1 aliphatic rings. The topological polar surface area (TPSA) is 61.0 Å². The molecule has 4 aromatic rings. The van der Waals surface area contributed by atoms with Gasteiger partial charge in [-0.15, -0.1) is 11.3 Å². The fraction of sp³-hybridized carbons (Fsp3) is 0.200. The average molecular weight is 429 g/mol. The highest BCUT2D eigenvalue weighted by Gasteiger charge is 2.41. The largest absolute Gasteiger partial charge is 0.357 e. The summed E-state index contributed by atoms with van der Waals surface area (Å²) in [5.74, 6) is 0.0661. The monoisotopic (exact) mass is 428 g/mol. The van der Waals surface area contributed by atoms with Crippen molar-refractivity contribution in [2.24, 2.45) is 0 Å². The second kappa shape index (κ2) is 8.40. The number of benzene rings is 2. The molecule has 1 amide bonds. The quantitative estimate of drug-likeness (QED) is 0.445. The molecule has 2 aromatic carbocycles. The van der Waals surface area contributed by atoms with Gasteiger partial charge in [0, 0.05) is 35.8 Å². The number of carbonyl (C=O) groups is 1. The van der Waals surface area contributed by atoms with E-state index in [4.69, 9.17) is 4.98 Å². The Hall–Kier alpha value is -3.38. The van der Waals surface area contributed by atoms with Crippen molar-refractivity contribution < 1.29 is 4.79 Å². The van der Waals surface area contributed by atoms with Crippen LogP contribution in [0.5, 0.6) is 0 Å². The van der Waals surface area contributed by atoms with Gasteiger partial charge in [0.05, 0.1) is 5.69 Å². The maximum atomic E-state index is 12.8. The van der Waals surface area contributed by atoms with Crippen molar-refractivity contribution in [1.82, 2.24) is 14.9 Å². The van der Waals surface area contributed by atoms with Crippen LogP contribution in [-0.2, 0) is 5.41 Å². The zero-order chi connectivity index (χ0) is 21.1. The summed E-state index contributed by atoms with van der Waals surface area (Å²) in [7, 11) is 0. The molecular weight excluding hydrogens is 404 g/mol.